The van der Waals surface area contributed by atoms with E-state index in [1.54, 1.807) is 12.3 Å². The van der Waals surface area contributed by atoms with Crippen molar-refractivity contribution < 1.29 is 9.53 Å². The summed E-state index contributed by atoms with van der Waals surface area (Å²) >= 11 is 6.14. The van der Waals surface area contributed by atoms with Crippen LogP contribution in [0.25, 0.3) is 0 Å². The molecule has 2 rings (SSSR count). The molecule has 0 radical (unpaired) electrons. The zero-order valence-electron chi connectivity index (χ0n) is 11.2. The van der Waals surface area contributed by atoms with Crippen molar-refractivity contribution in [2.24, 2.45) is 7.05 Å². The fourth-order valence-electron chi connectivity index (χ4n) is 1.81. The van der Waals surface area contributed by atoms with E-state index in [9.17, 15) is 4.79 Å². The number of hydrogen-bond acceptors (Lipinski definition) is 5. The first-order valence-corrected chi connectivity index (χ1v) is 6.28. The molecule has 0 amide bonds. The fourth-order valence-corrected chi connectivity index (χ4v) is 2.11. The molecule has 106 valence electrons. The first-order valence-electron chi connectivity index (χ1n) is 5.90. The van der Waals surface area contributed by atoms with Crippen molar-refractivity contribution in [3.63, 3.8) is 0 Å². The Morgan fingerprint density at radius 3 is 2.90 bits per heavy atom. The summed E-state index contributed by atoms with van der Waals surface area (Å²) in [6, 6.07) is 3.10. The van der Waals surface area contributed by atoms with Crippen LogP contribution < -0.4 is 11.1 Å². The number of carbonyl (C=O) groups is 1. The van der Waals surface area contributed by atoms with Gasteiger partial charge in [-0.3, -0.25) is 0 Å². The van der Waals surface area contributed by atoms with Crippen molar-refractivity contribution in [1.29, 1.82) is 0 Å². The molecule has 3 N–H and O–H groups in total. The summed E-state index contributed by atoms with van der Waals surface area (Å²) in [5.74, 6) is 0.315. The van der Waals surface area contributed by atoms with E-state index < -0.39 is 5.97 Å². The third kappa shape index (κ3) is 2.85. The number of esters is 1. The quantitative estimate of drug-likeness (QED) is 0.666. The smallest absolute Gasteiger partial charge is 0.340 e. The SMILES string of the molecule is COC(=O)c1cc(N)cc(Cl)c1NCc1nccn1C. The van der Waals surface area contributed by atoms with Crippen molar-refractivity contribution in [3.8, 4) is 0 Å². The van der Waals surface area contributed by atoms with Crippen LogP contribution in [0.4, 0.5) is 11.4 Å². The second-order valence-electron chi connectivity index (χ2n) is 4.22. The maximum atomic E-state index is 11.8. The second kappa shape index (κ2) is 5.83. The molecule has 6 nitrogen and oxygen atoms in total. The number of nitrogens with zero attached hydrogens (tertiary/aromatic N) is 2. The van der Waals surface area contributed by atoms with Gasteiger partial charge in [-0.15, -0.1) is 0 Å². The fraction of sp³-hybridized carbons (Fsp3) is 0.231. The van der Waals surface area contributed by atoms with Gasteiger partial charge in [-0.25, -0.2) is 9.78 Å². The van der Waals surface area contributed by atoms with Gasteiger partial charge in [-0.1, -0.05) is 11.6 Å². The zero-order chi connectivity index (χ0) is 14.7. The highest BCUT2D eigenvalue weighted by Gasteiger charge is 2.16. The molecular formula is C13H15ClN4O2. The van der Waals surface area contributed by atoms with Gasteiger partial charge in [0.2, 0.25) is 0 Å². The molecule has 0 bridgehead atoms. The number of ether oxygens (including phenoxy) is 1. The lowest BCUT2D eigenvalue weighted by Gasteiger charge is -2.13. The van der Waals surface area contributed by atoms with Crippen molar-refractivity contribution in [3.05, 3.63) is 40.9 Å². The molecule has 2 aromatic rings. The summed E-state index contributed by atoms with van der Waals surface area (Å²) in [6.07, 6.45) is 3.53. The van der Waals surface area contributed by atoms with Crippen LogP contribution in [-0.4, -0.2) is 22.6 Å². The number of nitrogen functional groups attached to an aromatic ring is 1. The van der Waals surface area contributed by atoms with E-state index in [-0.39, 0.29) is 0 Å². The number of halogens is 1. The Balaban J connectivity index is 2.30. The zero-order valence-corrected chi connectivity index (χ0v) is 11.9. The van der Waals surface area contributed by atoms with Gasteiger partial charge in [0.15, 0.2) is 0 Å². The van der Waals surface area contributed by atoms with Crippen LogP contribution in [0.15, 0.2) is 24.5 Å². The molecule has 20 heavy (non-hydrogen) atoms. The molecular weight excluding hydrogens is 280 g/mol. The number of carbonyl (C=O) groups excluding carboxylic acids is 1. The maximum absolute atomic E-state index is 11.8. The number of anilines is 2. The minimum Gasteiger partial charge on any atom is -0.465 e. The van der Waals surface area contributed by atoms with E-state index >= 15 is 0 Å². The lowest BCUT2D eigenvalue weighted by molar-refractivity contribution is 0.0602. The van der Waals surface area contributed by atoms with Crippen molar-refractivity contribution in [2.45, 2.75) is 6.54 Å². The largest absolute Gasteiger partial charge is 0.465 e. The average molecular weight is 295 g/mol. The van der Waals surface area contributed by atoms with Crippen molar-refractivity contribution in [2.75, 3.05) is 18.2 Å². The summed E-state index contributed by atoms with van der Waals surface area (Å²) < 4.78 is 6.60. The van der Waals surface area contributed by atoms with Gasteiger partial charge in [-0.05, 0) is 12.1 Å². The number of rotatable bonds is 4. The van der Waals surface area contributed by atoms with Gasteiger partial charge in [-0.2, -0.15) is 0 Å². The highest BCUT2D eigenvalue weighted by molar-refractivity contribution is 6.34. The van der Waals surface area contributed by atoms with Crippen molar-refractivity contribution >= 4 is 28.9 Å². The summed E-state index contributed by atoms with van der Waals surface area (Å²) in [5.41, 5.74) is 6.88. The van der Waals surface area contributed by atoms with Gasteiger partial charge < -0.3 is 20.4 Å². The predicted octanol–water partition coefficient (Wildman–Crippen LogP) is 2.05. The highest BCUT2D eigenvalue weighted by Crippen LogP contribution is 2.30. The van der Waals surface area contributed by atoms with Gasteiger partial charge in [0.05, 0.1) is 29.9 Å². The third-order valence-corrected chi connectivity index (χ3v) is 3.16. The molecule has 1 heterocycles. The molecule has 0 aliphatic heterocycles. The number of methoxy groups -OCH3 is 1. The van der Waals surface area contributed by atoms with E-state index in [4.69, 9.17) is 22.1 Å². The number of aryl methyl sites for hydroxylation is 1. The number of hydrogen-bond donors (Lipinski definition) is 2. The maximum Gasteiger partial charge on any atom is 0.340 e. The van der Waals surface area contributed by atoms with Gasteiger partial charge >= 0.3 is 5.97 Å². The Morgan fingerprint density at radius 1 is 1.55 bits per heavy atom. The summed E-state index contributed by atoms with van der Waals surface area (Å²) in [7, 11) is 3.19. The van der Waals surface area contributed by atoms with Crippen molar-refractivity contribution in [1.82, 2.24) is 9.55 Å². The summed E-state index contributed by atoms with van der Waals surface area (Å²) in [4.78, 5) is 16.0. The van der Waals surface area contributed by atoms with Gasteiger partial charge in [0, 0.05) is 25.1 Å². The number of nitrogens with two attached hydrogens (primary N) is 1. The second-order valence-corrected chi connectivity index (χ2v) is 4.63. The highest BCUT2D eigenvalue weighted by atomic mass is 35.5. The monoisotopic (exact) mass is 294 g/mol. The summed E-state index contributed by atoms with van der Waals surface area (Å²) in [5, 5.41) is 3.46. The van der Waals surface area contributed by atoms with Gasteiger partial charge in [0.25, 0.3) is 0 Å². The number of imidazole rings is 1. The molecule has 0 saturated carbocycles. The van der Waals surface area contributed by atoms with Crippen LogP contribution in [0.1, 0.15) is 16.2 Å². The van der Waals surface area contributed by atoms with E-state index in [2.05, 4.69) is 10.3 Å². The summed E-state index contributed by atoms with van der Waals surface area (Å²) in [6.45, 7) is 0.428. The van der Waals surface area contributed by atoms with E-state index in [0.29, 0.717) is 28.5 Å². The molecule has 0 unspecified atom stereocenters. The average Bonchev–Trinajstić information content (AvgIpc) is 2.81. The van der Waals surface area contributed by atoms with E-state index in [1.807, 2.05) is 17.8 Å². The number of nitrogens with one attached hydrogen (secondary N) is 1. The van der Waals surface area contributed by atoms with Gasteiger partial charge in [0.1, 0.15) is 5.82 Å². The topological polar surface area (TPSA) is 82.2 Å². The molecule has 0 atom stereocenters. The normalized spacial score (nSPS) is 10.3. The van der Waals surface area contributed by atoms with Crippen LogP contribution >= 0.6 is 11.6 Å². The molecule has 0 spiro atoms. The van der Waals surface area contributed by atoms with E-state index in [1.165, 1.54) is 13.2 Å². The molecule has 1 aromatic heterocycles. The van der Waals surface area contributed by atoms with Crippen LogP contribution in [-0.2, 0) is 18.3 Å². The molecule has 0 fully saturated rings. The van der Waals surface area contributed by atoms with E-state index in [0.717, 1.165) is 5.82 Å². The Kier molecular flexibility index (Phi) is 4.14. The predicted molar refractivity (Wildman–Crippen MR) is 77.7 cm³/mol. The number of benzene rings is 1. The Morgan fingerprint density at radius 2 is 2.30 bits per heavy atom. The molecule has 0 saturated heterocycles. The van der Waals surface area contributed by atoms with Crippen LogP contribution in [0.2, 0.25) is 5.02 Å². The molecule has 7 heteroatoms. The minimum atomic E-state index is -0.499. The van der Waals surface area contributed by atoms with Crippen LogP contribution in [0.3, 0.4) is 0 Å². The Hall–Kier alpha value is -2.21. The first kappa shape index (κ1) is 14.2. The lowest BCUT2D eigenvalue weighted by atomic mass is 10.1. The molecule has 1 aromatic carbocycles. The third-order valence-electron chi connectivity index (χ3n) is 2.86. The first-order chi connectivity index (χ1) is 9.52. The number of aromatic nitrogens is 2. The Labute approximate surface area is 121 Å². The van der Waals surface area contributed by atoms with Crippen LogP contribution in [0.5, 0.6) is 0 Å². The minimum absolute atomic E-state index is 0.298. The molecule has 0 aliphatic carbocycles. The Bertz CT molecular complexity index is 639. The van der Waals surface area contributed by atoms with Crippen LogP contribution in [0, 0.1) is 0 Å². The molecule has 0 aliphatic rings. The lowest BCUT2D eigenvalue weighted by Crippen LogP contribution is -2.11. The standard InChI is InChI=1S/C13H15ClN4O2/c1-18-4-3-16-11(18)7-17-12-9(13(19)20-2)5-8(15)6-10(12)14/h3-6,17H,7,15H2,1-2H3.